The van der Waals surface area contributed by atoms with Crippen molar-refractivity contribution in [2.45, 2.75) is 20.4 Å². The Morgan fingerprint density at radius 2 is 1.89 bits per heavy atom. The first kappa shape index (κ1) is 20.4. The van der Waals surface area contributed by atoms with Crippen LogP contribution in [0.3, 0.4) is 0 Å². The molecule has 0 heterocycles. The average Bonchev–Trinajstić information content (AvgIpc) is 2.61. The Bertz CT molecular complexity index is 898. The van der Waals surface area contributed by atoms with Gasteiger partial charge in [0.15, 0.2) is 6.61 Å². The van der Waals surface area contributed by atoms with Crippen molar-refractivity contribution in [2.75, 3.05) is 13.7 Å². The number of rotatable bonds is 6. The first-order valence-electron chi connectivity index (χ1n) is 8.10. The summed E-state index contributed by atoms with van der Waals surface area (Å²) >= 11 is 5.89. The van der Waals surface area contributed by atoms with Gasteiger partial charge in [0.1, 0.15) is 0 Å². The zero-order valence-corrected chi connectivity index (χ0v) is 15.9. The lowest BCUT2D eigenvalue weighted by Crippen LogP contribution is -2.31. The van der Waals surface area contributed by atoms with Crippen molar-refractivity contribution >= 4 is 29.2 Å². The summed E-state index contributed by atoms with van der Waals surface area (Å²) in [5.41, 5.74) is 2.74. The number of carbonyl (C=O) groups excluding carboxylic acids is 2. The van der Waals surface area contributed by atoms with Crippen molar-refractivity contribution in [3.8, 4) is 0 Å². The normalized spacial score (nSPS) is 10.4. The molecule has 2 aromatic rings. The third kappa shape index (κ3) is 5.27. The van der Waals surface area contributed by atoms with Gasteiger partial charge in [0, 0.05) is 25.7 Å². The number of aryl methyl sites for hydroxylation is 2. The van der Waals surface area contributed by atoms with Crippen LogP contribution >= 0.6 is 11.6 Å². The maximum absolute atomic E-state index is 12.2. The van der Waals surface area contributed by atoms with Crippen molar-refractivity contribution in [2.24, 2.45) is 0 Å². The van der Waals surface area contributed by atoms with E-state index in [-0.39, 0.29) is 16.3 Å². The first-order chi connectivity index (χ1) is 12.7. The van der Waals surface area contributed by atoms with Crippen molar-refractivity contribution in [3.05, 3.63) is 73.8 Å². The SMILES string of the molecule is Cc1ccc(CN(C)C(=O)COC(=O)c2cc([N+](=O)[O-])ccc2Cl)c(C)c1. The van der Waals surface area contributed by atoms with Crippen molar-refractivity contribution < 1.29 is 19.2 Å². The fraction of sp³-hybridized carbons (Fsp3) is 0.263. The molecule has 2 rings (SSSR count). The number of nitro groups is 1. The number of hydrogen-bond donors (Lipinski definition) is 0. The smallest absolute Gasteiger partial charge is 0.340 e. The Hall–Kier alpha value is -2.93. The topological polar surface area (TPSA) is 89.8 Å². The molecule has 0 aliphatic rings. The molecule has 0 radical (unpaired) electrons. The van der Waals surface area contributed by atoms with Crippen molar-refractivity contribution in [1.82, 2.24) is 4.90 Å². The molecular weight excluding hydrogens is 372 g/mol. The maximum atomic E-state index is 12.2. The molecule has 0 saturated heterocycles. The summed E-state index contributed by atoms with van der Waals surface area (Å²) in [4.78, 5) is 36.0. The summed E-state index contributed by atoms with van der Waals surface area (Å²) in [7, 11) is 1.61. The molecule has 2 aromatic carbocycles. The van der Waals surface area contributed by atoms with Gasteiger partial charge in [0.2, 0.25) is 0 Å². The van der Waals surface area contributed by atoms with E-state index in [2.05, 4.69) is 0 Å². The van der Waals surface area contributed by atoms with E-state index < -0.39 is 23.4 Å². The van der Waals surface area contributed by atoms with Gasteiger partial charge in [-0.15, -0.1) is 0 Å². The summed E-state index contributed by atoms with van der Waals surface area (Å²) in [5, 5.41) is 10.8. The van der Waals surface area contributed by atoms with Gasteiger partial charge in [-0.3, -0.25) is 14.9 Å². The number of hydrogen-bond acceptors (Lipinski definition) is 5. The van der Waals surface area contributed by atoms with E-state index in [1.165, 1.54) is 17.0 Å². The highest BCUT2D eigenvalue weighted by Crippen LogP contribution is 2.22. The number of halogens is 1. The fourth-order valence-corrected chi connectivity index (χ4v) is 2.66. The largest absolute Gasteiger partial charge is 0.452 e. The second-order valence-electron chi connectivity index (χ2n) is 6.18. The van der Waals surface area contributed by atoms with Crippen LogP contribution in [0.2, 0.25) is 5.02 Å². The molecule has 0 aliphatic carbocycles. The van der Waals surface area contributed by atoms with Crippen LogP contribution in [-0.4, -0.2) is 35.4 Å². The Labute approximate surface area is 161 Å². The molecular formula is C19H19ClN2O5. The van der Waals surface area contributed by atoms with Gasteiger partial charge in [-0.1, -0.05) is 35.4 Å². The number of nitro benzene ring substituents is 1. The lowest BCUT2D eigenvalue weighted by atomic mass is 10.1. The Morgan fingerprint density at radius 3 is 2.52 bits per heavy atom. The van der Waals surface area contributed by atoms with Crippen molar-refractivity contribution in [3.63, 3.8) is 0 Å². The molecule has 7 nitrogen and oxygen atoms in total. The molecule has 1 amide bonds. The standard InChI is InChI=1S/C19H19ClN2O5/c1-12-4-5-14(13(2)8-12)10-21(3)18(23)11-27-19(24)16-9-15(22(25)26)6-7-17(16)20/h4-9H,10-11H2,1-3H3. The molecule has 0 atom stereocenters. The Balaban J connectivity index is 1.99. The highest BCUT2D eigenvalue weighted by molar-refractivity contribution is 6.33. The van der Waals surface area contributed by atoms with Crippen LogP contribution in [0.4, 0.5) is 5.69 Å². The molecule has 0 saturated carbocycles. The van der Waals surface area contributed by atoms with Gasteiger partial charge < -0.3 is 9.64 Å². The molecule has 27 heavy (non-hydrogen) atoms. The number of benzene rings is 2. The quantitative estimate of drug-likeness (QED) is 0.426. The van der Waals surface area contributed by atoms with E-state index in [1.54, 1.807) is 7.05 Å². The molecule has 0 bridgehead atoms. The fourth-order valence-electron chi connectivity index (χ4n) is 2.47. The highest BCUT2D eigenvalue weighted by Gasteiger charge is 2.19. The van der Waals surface area contributed by atoms with E-state index in [4.69, 9.17) is 16.3 Å². The predicted octanol–water partition coefficient (Wildman–Crippen LogP) is 3.68. The molecule has 0 unspecified atom stereocenters. The summed E-state index contributed by atoms with van der Waals surface area (Å²) in [6.45, 7) is 3.84. The second-order valence-corrected chi connectivity index (χ2v) is 6.58. The number of ether oxygens (including phenoxy) is 1. The third-order valence-electron chi connectivity index (χ3n) is 4.04. The van der Waals surface area contributed by atoms with Crippen molar-refractivity contribution in [1.29, 1.82) is 0 Å². The maximum Gasteiger partial charge on any atom is 0.340 e. The van der Waals surface area contributed by atoms with E-state index in [9.17, 15) is 19.7 Å². The zero-order valence-electron chi connectivity index (χ0n) is 15.2. The molecule has 0 spiro atoms. The number of likely N-dealkylation sites (N-methyl/N-ethyl adjacent to an activating group) is 1. The Kier molecular flexibility index (Phi) is 6.52. The number of amides is 1. The van der Waals surface area contributed by atoms with Gasteiger partial charge >= 0.3 is 5.97 Å². The molecule has 142 valence electrons. The minimum atomic E-state index is -0.892. The van der Waals surface area contributed by atoms with Crippen LogP contribution in [0.5, 0.6) is 0 Å². The van der Waals surface area contributed by atoms with Crippen LogP contribution in [0.15, 0.2) is 36.4 Å². The van der Waals surface area contributed by atoms with Gasteiger partial charge in [-0.05, 0) is 31.0 Å². The van der Waals surface area contributed by atoms with Gasteiger partial charge in [0.05, 0.1) is 15.5 Å². The van der Waals surface area contributed by atoms with E-state index >= 15 is 0 Å². The van der Waals surface area contributed by atoms with Gasteiger partial charge in [0.25, 0.3) is 11.6 Å². The number of esters is 1. The van der Waals surface area contributed by atoms with Crippen LogP contribution in [0.1, 0.15) is 27.0 Å². The molecule has 0 aliphatic heterocycles. The number of non-ortho nitro benzene ring substituents is 1. The van der Waals surface area contributed by atoms with E-state index in [1.807, 2.05) is 32.0 Å². The van der Waals surface area contributed by atoms with Crippen LogP contribution in [-0.2, 0) is 16.1 Å². The lowest BCUT2D eigenvalue weighted by molar-refractivity contribution is -0.384. The van der Waals surface area contributed by atoms with E-state index in [0.29, 0.717) is 6.54 Å². The number of nitrogens with zero attached hydrogens (tertiary/aromatic N) is 2. The summed E-state index contributed by atoms with van der Waals surface area (Å²) in [5.74, 6) is -1.29. The van der Waals surface area contributed by atoms with Crippen LogP contribution in [0, 0.1) is 24.0 Å². The predicted molar refractivity (Wildman–Crippen MR) is 101 cm³/mol. The van der Waals surface area contributed by atoms with Crippen LogP contribution < -0.4 is 0 Å². The summed E-state index contributed by atoms with van der Waals surface area (Å²) in [6, 6.07) is 9.38. The third-order valence-corrected chi connectivity index (χ3v) is 4.37. The van der Waals surface area contributed by atoms with Gasteiger partial charge in [-0.25, -0.2) is 4.79 Å². The summed E-state index contributed by atoms with van der Waals surface area (Å²) < 4.78 is 4.98. The Morgan fingerprint density at radius 1 is 1.19 bits per heavy atom. The van der Waals surface area contributed by atoms with E-state index in [0.717, 1.165) is 22.8 Å². The first-order valence-corrected chi connectivity index (χ1v) is 8.48. The van der Waals surface area contributed by atoms with Crippen LogP contribution in [0.25, 0.3) is 0 Å². The molecule has 8 heteroatoms. The summed E-state index contributed by atoms with van der Waals surface area (Å²) in [6.07, 6.45) is 0. The van der Waals surface area contributed by atoms with Gasteiger partial charge in [-0.2, -0.15) is 0 Å². The molecule has 0 fully saturated rings. The molecule has 0 aromatic heterocycles. The minimum Gasteiger partial charge on any atom is -0.452 e. The lowest BCUT2D eigenvalue weighted by Gasteiger charge is -2.18. The highest BCUT2D eigenvalue weighted by atomic mass is 35.5. The minimum absolute atomic E-state index is 0.0154. The average molecular weight is 391 g/mol. The second kappa shape index (κ2) is 8.64. The number of carbonyl (C=O) groups is 2. The zero-order chi connectivity index (χ0) is 20.1. The molecule has 0 N–H and O–H groups in total. The monoisotopic (exact) mass is 390 g/mol.